The van der Waals surface area contributed by atoms with E-state index in [1.807, 2.05) is 37.3 Å². The molecule has 0 amide bonds. The van der Waals surface area contributed by atoms with Gasteiger partial charge in [-0.05, 0) is 31.5 Å². The van der Waals surface area contributed by atoms with Crippen molar-refractivity contribution < 1.29 is 19.1 Å². The number of thiophene rings is 1. The van der Waals surface area contributed by atoms with Crippen molar-refractivity contribution >= 4 is 57.0 Å². The number of aryl methyl sites for hydroxylation is 1. The first kappa shape index (κ1) is 22.6. The smallest absolute Gasteiger partial charge is 0.348 e. The molecule has 0 radical (unpaired) electrons. The highest BCUT2D eigenvalue weighted by Gasteiger charge is 2.22. The van der Waals surface area contributed by atoms with Crippen LogP contribution in [0.25, 0.3) is 10.2 Å². The molecule has 0 aliphatic heterocycles. The van der Waals surface area contributed by atoms with Crippen LogP contribution >= 0.6 is 34.9 Å². The minimum absolute atomic E-state index is 0.262. The number of ether oxygens (including phenoxy) is 2. The van der Waals surface area contributed by atoms with Gasteiger partial charge >= 0.3 is 11.9 Å². The Balaban J connectivity index is 1.92. The molecule has 158 valence electrons. The summed E-state index contributed by atoms with van der Waals surface area (Å²) in [5.41, 5.74) is 0.816. The SMILES string of the molecule is CCOC(=O)c1sc2nc(CSc3ccccc3)nc(SCCC(=O)OC)c2c1C. The van der Waals surface area contributed by atoms with E-state index in [1.54, 1.807) is 18.7 Å². The van der Waals surface area contributed by atoms with Crippen molar-refractivity contribution in [1.82, 2.24) is 9.97 Å². The molecule has 30 heavy (non-hydrogen) atoms. The zero-order chi connectivity index (χ0) is 21.5. The Morgan fingerprint density at radius 2 is 1.90 bits per heavy atom. The minimum atomic E-state index is -0.344. The number of aromatic nitrogens is 2. The second kappa shape index (κ2) is 10.8. The van der Waals surface area contributed by atoms with Crippen LogP contribution < -0.4 is 0 Å². The van der Waals surface area contributed by atoms with Crippen molar-refractivity contribution in [2.45, 2.75) is 35.9 Å². The van der Waals surface area contributed by atoms with Crippen molar-refractivity contribution in [2.24, 2.45) is 0 Å². The summed E-state index contributed by atoms with van der Waals surface area (Å²) in [6.45, 7) is 3.99. The van der Waals surface area contributed by atoms with Crippen LogP contribution in [-0.2, 0) is 20.0 Å². The molecule has 0 aliphatic carbocycles. The fourth-order valence-corrected chi connectivity index (χ4v) is 5.66. The Labute approximate surface area is 187 Å². The van der Waals surface area contributed by atoms with Crippen molar-refractivity contribution in [3.8, 4) is 0 Å². The fourth-order valence-electron chi connectivity index (χ4n) is 2.70. The van der Waals surface area contributed by atoms with Gasteiger partial charge in [-0.15, -0.1) is 34.9 Å². The number of carbonyl (C=O) groups is 2. The monoisotopic (exact) mass is 462 g/mol. The van der Waals surface area contributed by atoms with Crippen LogP contribution in [0, 0.1) is 6.92 Å². The van der Waals surface area contributed by atoms with Gasteiger partial charge in [-0.1, -0.05) is 18.2 Å². The average molecular weight is 463 g/mol. The van der Waals surface area contributed by atoms with Gasteiger partial charge in [0.05, 0.1) is 25.9 Å². The van der Waals surface area contributed by atoms with E-state index in [0.29, 0.717) is 28.8 Å². The highest BCUT2D eigenvalue weighted by atomic mass is 32.2. The van der Waals surface area contributed by atoms with Crippen LogP contribution in [0.5, 0.6) is 0 Å². The summed E-state index contributed by atoms with van der Waals surface area (Å²) in [6, 6.07) is 10.1. The molecule has 0 saturated carbocycles. The molecule has 3 rings (SSSR count). The summed E-state index contributed by atoms with van der Waals surface area (Å²) in [5, 5.41) is 1.63. The van der Waals surface area contributed by atoms with Gasteiger partial charge in [0.2, 0.25) is 0 Å². The molecule has 3 aromatic rings. The molecule has 1 aromatic carbocycles. The Morgan fingerprint density at radius 1 is 1.13 bits per heavy atom. The van der Waals surface area contributed by atoms with E-state index in [1.165, 1.54) is 30.2 Å². The number of rotatable bonds is 9. The summed E-state index contributed by atoms with van der Waals surface area (Å²) in [7, 11) is 1.38. The molecule has 0 spiro atoms. The van der Waals surface area contributed by atoms with E-state index in [-0.39, 0.29) is 18.4 Å². The molecule has 0 bridgehead atoms. The Kier molecular flexibility index (Phi) is 8.12. The van der Waals surface area contributed by atoms with Gasteiger partial charge in [-0.2, -0.15) is 0 Å². The number of carbonyl (C=O) groups excluding carboxylic acids is 2. The Hall–Kier alpha value is -2.10. The van der Waals surface area contributed by atoms with Gasteiger partial charge in [0, 0.05) is 16.0 Å². The molecule has 2 aromatic heterocycles. The number of hydrogen-bond acceptors (Lipinski definition) is 9. The largest absolute Gasteiger partial charge is 0.469 e. The summed E-state index contributed by atoms with van der Waals surface area (Å²) in [4.78, 5) is 35.7. The maximum Gasteiger partial charge on any atom is 0.348 e. The predicted molar refractivity (Wildman–Crippen MR) is 121 cm³/mol. The number of nitrogens with zero attached hydrogens (tertiary/aromatic N) is 2. The van der Waals surface area contributed by atoms with Gasteiger partial charge in [-0.3, -0.25) is 4.79 Å². The number of fused-ring (bicyclic) bond motifs is 1. The fraction of sp³-hybridized carbons (Fsp3) is 0.333. The van der Waals surface area contributed by atoms with E-state index in [9.17, 15) is 9.59 Å². The lowest BCUT2D eigenvalue weighted by Crippen LogP contribution is -2.04. The van der Waals surface area contributed by atoms with Gasteiger partial charge in [0.15, 0.2) is 0 Å². The average Bonchev–Trinajstić information content (AvgIpc) is 3.09. The highest BCUT2D eigenvalue weighted by molar-refractivity contribution is 7.99. The van der Waals surface area contributed by atoms with Crippen LogP contribution in [-0.4, -0.2) is 41.4 Å². The van der Waals surface area contributed by atoms with Crippen LogP contribution in [0.4, 0.5) is 0 Å². The molecule has 2 heterocycles. The topological polar surface area (TPSA) is 78.4 Å². The molecular weight excluding hydrogens is 440 g/mol. The van der Waals surface area contributed by atoms with Crippen molar-refractivity contribution in [3.05, 3.63) is 46.6 Å². The summed E-state index contributed by atoms with van der Waals surface area (Å²) in [6.07, 6.45) is 0.286. The quantitative estimate of drug-likeness (QED) is 0.246. The zero-order valence-corrected chi connectivity index (χ0v) is 19.4. The first-order valence-electron chi connectivity index (χ1n) is 9.38. The van der Waals surface area contributed by atoms with Crippen LogP contribution in [0.15, 0.2) is 40.3 Å². The molecule has 0 aliphatic rings. The van der Waals surface area contributed by atoms with Crippen LogP contribution in [0.2, 0.25) is 0 Å². The lowest BCUT2D eigenvalue weighted by molar-refractivity contribution is -0.140. The first-order valence-corrected chi connectivity index (χ1v) is 12.2. The van der Waals surface area contributed by atoms with Crippen molar-refractivity contribution in [1.29, 1.82) is 0 Å². The normalized spacial score (nSPS) is 10.9. The zero-order valence-electron chi connectivity index (χ0n) is 17.0. The van der Waals surface area contributed by atoms with E-state index < -0.39 is 0 Å². The molecule has 0 saturated heterocycles. The maximum atomic E-state index is 12.4. The molecule has 0 fully saturated rings. The minimum Gasteiger partial charge on any atom is -0.469 e. The number of hydrogen-bond donors (Lipinski definition) is 0. The van der Waals surface area contributed by atoms with Gasteiger partial charge in [-0.25, -0.2) is 14.8 Å². The molecular formula is C21H22N2O4S3. The predicted octanol–water partition coefficient (Wildman–Crippen LogP) is 5.12. The second-order valence-corrected chi connectivity index (χ2v) is 9.31. The van der Waals surface area contributed by atoms with E-state index >= 15 is 0 Å². The Morgan fingerprint density at radius 3 is 2.60 bits per heavy atom. The molecule has 9 heteroatoms. The number of thioether (sulfide) groups is 2. The van der Waals surface area contributed by atoms with Crippen LogP contribution in [0.1, 0.15) is 34.4 Å². The Bertz CT molecular complexity index is 1040. The van der Waals surface area contributed by atoms with E-state index in [0.717, 1.165) is 25.7 Å². The number of benzene rings is 1. The van der Waals surface area contributed by atoms with Gasteiger partial charge in [0.1, 0.15) is 20.6 Å². The lowest BCUT2D eigenvalue weighted by Gasteiger charge is -2.07. The summed E-state index contributed by atoms with van der Waals surface area (Å²) < 4.78 is 9.92. The van der Waals surface area contributed by atoms with Crippen LogP contribution in [0.3, 0.4) is 0 Å². The third kappa shape index (κ3) is 5.53. The lowest BCUT2D eigenvalue weighted by atomic mass is 10.2. The first-order chi connectivity index (χ1) is 14.5. The summed E-state index contributed by atoms with van der Waals surface area (Å²) in [5.74, 6) is 1.23. The standard InChI is InChI=1S/C21H22N2O4S3/c1-4-27-21(25)18-13(2)17-19(28-11-10-16(24)26-3)22-15(23-20(17)30-18)12-29-14-8-6-5-7-9-14/h5-9H,4,10-12H2,1-3H3. The maximum absolute atomic E-state index is 12.4. The highest BCUT2D eigenvalue weighted by Crippen LogP contribution is 2.37. The molecule has 6 nitrogen and oxygen atoms in total. The number of esters is 2. The van der Waals surface area contributed by atoms with Crippen molar-refractivity contribution in [3.63, 3.8) is 0 Å². The number of methoxy groups -OCH3 is 1. The molecule has 0 atom stereocenters. The van der Waals surface area contributed by atoms with E-state index in [4.69, 9.17) is 19.4 Å². The molecule has 0 N–H and O–H groups in total. The van der Waals surface area contributed by atoms with Gasteiger partial charge < -0.3 is 9.47 Å². The van der Waals surface area contributed by atoms with Crippen molar-refractivity contribution in [2.75, 3.05) is 19.5 Å². The third-order valence-corrected chi connectivity index (χ3v) is 7.30. The third-order valence-electron chi connectivity index (χ3n) is 4.15. The molecule has 0 unspecified atom stereocenters. The van der Waals surface area contributed by atoms with Gasteiger partial charge in [0.25, 0.3) is 0 Å². The second-order valence-electron chi connectivity index (χ2n) is 6.18. The summed E-state index contributed by atoms with van der Waals surface area (Å²) >= 11 is 4.45. The van der Waals surface area contributed by atoms with E-state index in [2.05, 4.69) is 0 Å².